The maximum atomic E-state index is 12.7. The Kier molecular flexibility index (Phi) is 10.1. The summed E-state index contributed by atoms with van der Waals surface area (Å²) in [5.41, 5.74) is 6.03. The highest BCUT2D eigenvalue weighted by atomic mass is 16.2. The normalized spacial score (nSPS) is 14.1. The Morgan fingerprint density at radius 3 is 2.38 bits per heavy atom. The molecule has 4 rings (SSSR count). The first-order valence-corrected chi connectivity index (χ1v) is 13.8. The predicted octanol–water partition coefficient (Wildman–Crippen LogP) is 8.38. The Morgan fingerprint density at radius 1 is 0.973 bits per heavy atom. The van der Waals surface area contributed by atoms with Crippen molar-refractivity contribution in [3.8, 4) is 22.5 Å². The van der Waals surface area contributed by atoms with Crippen LogP contribution in [-0.2, 0) is 17.9 Å². The Morgan fingerprint density at radius 2 is 1.68 bits per heavy atom. The minimum atomic E-state index is 0. The van der Waals surface area contributed by atoms with E-state index in [-0.39, 0.29) is 13.3 Å². The van der Waals surface area contributed by atoms with E-state index in [1.165, 1.54) is 32.1 Å². The third-order valence-electron chi connectivity index (χ3n) is 7.79. The van der Waals surface area contributed by atoms with E-state index in [0.717, 1.165) is 64.5 Å². The molecule has 0 saturated carbocycles. The molecule has 2 unspecified atom stereocenters. The van der Waals surface area contributed by atoms with Crippen molar-refractivity contribution in [3.05, 3.63) is 54.1 Å². The van der Waals surface area contributed by atoms with Crippen molar-refractivity contribution in [2.24, 2.45) is 17.8 Å². The molecular weight excluding hydrogens is 456 g/mol. The zero-order valence-corrected chi connectivity index (χ0v) is 22.7. The summed E-state index contributed by atoms with van der Waals surface area (Å²) in [6, 6.07) is 16.4. The molecule has 5 nitrogen and oxygen atoms in total. The van der Waals surface area contributed by atoms with E-state index < -0.39 is 0 Å². The number of aromatic nitrogens is 3. The highest BCUT2D eigenvalue weighted by Crippen LogP contribution is 2.41. The summed E-state index contributed by atoms with van der Waals surface area (Å²) in [6.45, 7) is 12.4. The van der Waals surface area contributed by atoms with Crippen molar-refractivity contribution in [2.75, 3.05) is 4.90 Å². The fraction of sp³-hybridized carbons (Fsp3) is 0.531. The average Bonchev–Trinajstić information content (AvgIpc) is 3.26. The standard InChI is InChI=1S/C31H42N4O.CH4/c1-6-13-23(4)20-25(22(2)3)14-11-12-19-35-31-28-17-9-10-18-29(28)34(24(5)36)21-26-15-7-8-16-27(26)30(31)32-33-35;/h7-10,15-18,22-23,25H,6,11-14,19-21H2,1-5H3;1H4. The fourth-order valence-corrected chi connectivity index (χ4v) is 5.77. The van der Waals surface area contributed by atoms with Crippen molar-refractivity contribution >= 4 is 11.6 Å². The van der Waals surface area contributed by atoms with Crippen LogP contribution in [-0.4, -0.2) is 20.9 Å². The summed E-state index contributed by atoms with van der Waals surface area (Å²) < 4.78 is 2.07. The number of rotatable bonds is 10. The molecule has 3 aromatic rings. The van der Waals surface area contributed by atoms with Crippen LogP contribution in [0.5, 0.6) is 0 Å². The summed E-state index contributed by atoms with van der Waals surface area (Å²) in [6.07, 6.45) is 7.45. The summed E-state index contributed by atoms with van der Waals surface area (Å²) in [7, 11) is 0. The molecule has 2 atom stereocenters. The molecule has 5 heteroatoms. The molecule has 2 heterocycles. The third kappa shape index (κ3) is 6.49. The summed E-state index contributed by atoms with van der Waals surface area (Å²) in [5, 5.41) is 9.32. The van der Waals surface area contributed by atoms with E-state index in [4.69, 9.17) is 0 Å². The van der Waals surface area contributed by atoms with E-state index in [0.29, 0.717) is 6.54 Å². The van der Waals surface area contributed by atoms with E-state index in [1.807, 2.05) is 35.2 Å². The lowest BCUT2D eigenvalue weighted by Gasteiger charge is -2.27. The Labute approximate surface area is 224 Å². The molecule has 1 aromatic heterocycles. The Bertz CT molecular complexity index is 1170. The second-order valence-electron chi connectivity index (χ2n) is 10.9. The Hall–Kier alpha value is -2.95. The minimum Gasteiger partial charge on any atom is -0.308 e. The maximum absolute atomic E-state index is 12.7. The first-order valence-electron chi connectivity index (χ1n) is 13.8. The van der Waals surface area contributed by atoms with Crippen LogP contribution in [0.25, 0.3) is 22.5 Å². The number of hydrogen-bond acceptors (Lipinski definition) is 3. The van der Waals surface area contributed by atoms with Gasteiger partial charge in [-0.25, -0.2) is 4.68 Å². The maximum Gasteiger partial charge on any atom is 0.224 e. The number of para-hydroxylation sites is 1. The lowest BCUT2D eigenvalue weighted by molar-refractivity contribution is -0.116. The molecule has 0 N–H and O–H groups in total. The number of hydrogen-bond donors (Lipinski definition) is 0. The molecule has 0 bridgehead atoms. The average molecular weight is 503 g/mol. The number of nitrogens with zero attached hydrogens (tertiary/aromatic N) is 4. The molecule has 2 aromatic carbocycles. The van der Waals surface area contributed by atoms with Crippen molar-refractivity contribution in [2.45, 2.75) is 93.7 Å². The third-order valence-corrected chi connectivity index (χ3v) is 7.79. The Balaban J connectivity index is 0.00000380. The SMILES string of the molecule is C.CCCC(C)CC(CCCCn1nnc2c1-c1ccccc1N(C(C)=O)Cc1ccccc1-2)C(C)C. The summed E-state index contributed by atoms with van der Waals surface area (Å²) in [5.74, 6) is 2.34. The largest absolute Gasteiger partial charge is 0.308 e. The molecule has 200 valence electrons. The molecule has 37 heavy (non-hydrogen) atoms. The lowest BCUT2D eigenvalue weighted by atomic mass is 9.82. The van der Waals surface area contributed by atoms with Crippen LogP contribution >= 0.6 is 0 Å². The van der Waals surface area contributed by atoms with E-state index in [9.17, 15) is 4.79 Å². The fourth-order valence-electron chi connectivity index (χ4n) is 5.77. The number of fused-ring (bicyclic) bond motifs is 5. The molecular formula is C32H46N4O. The van der Waals surface area contributed by atoms with Gasteiger partial charge in [-0.15, -0.1) is 5.10 Å². The van der Waals surface area contributed by atoms with Gasteiger partial charge in [0.2, 0.25) is 5.91 Å². The van der Waals surface area contributed by atoms with E-state index in [2.05, 4.69) is 60.9 Å². The highest BCUT2D eigenvalue weighted by Gasteiger charge is 2.27. The number of carbonyl (C=O) groups is 1. The second kappa shape index (κ2) is 13.0. The zero-order chi connectivity index (χ0) is 25.7. The van der Waals surface area contributed by atoms with Gasteiger partial charge in [0.1, 0.15) is 5.69 Å². The van der Waals surface area contributed by atoms with Crippen LogP contribution in [0.2, 0.25) is 0 Å². The van der Waals surface area contributed by atoms with Gasteiger partial charge in [-0.1, -0.05) is 108 Å². The van der Waals surface area contributed by atoms with Gasteiger partial charge >= 0.3 is 0 Å². The first-order chi connectivity index (χ1) is 17.4. The van der Waals surface area contributed by atoms with Crippen LogP contribution in [0.1, 0.15) is 86.1 Å². The molecule has 0 radical (unpaired) electrons. The van der Waals surface area contributed by atoms with Crippen LogP contribution in [0.3, 0.4) is 0 Å². The summed E-state index contributed by atoms with van der Waals surface area (Å²) >= 11 is 0. The van der Waals surface area contributed by atoms with Gasteiger partial charge in [0.25, 0.3) is 0 Å². The van der Waals surface area contributed by atoms with Gasteiger partial charge in [-0.05, 0) is 42.2 Å². The van der Waals surface area contributed by atoms with Crippen LogP contribution in [0.4, 0.5) is 5.69 Å². The number of aryl methyl sites for hydroxylation is 1. The second-order valence-corrected chi connectivity index (χ2v) is 10.9. The number of unbranched alkanes of at least 4 members (excludes halogenated alkanes) is 1. The van der Waals surface area contributed by atoms with Crippen molar-refractivity contribution in [1.29, 1.82) is 0 Å². The molecule has 0 saturated heterocycles. The molecule has 1 amide bonds. The zero-order valence-electron chi connectivity index (χ0n) is 22.7. The predicted molar refractivity (Wildman–Crippen MR) is 155 cm³/mol. The molecule has 1 aliphatic rings. The lowest BCUT2D eigenvalue weighted by Crippen LogP contribution is -2.29. The quantitative estimate of drug-likeness (QED) is 0.262. The van der Waals surface area contributed by atoms with Gasteiger partial charge in [0.15, 0.2) is 0 Å². The monoisotopic (exact) mass is 502 g/mol. The van der Waals surface area contributed by atoms with Crippen LogP contribution < -0.4 is 4.90 Å². The van der Waals surface area contributed by atoms with Gasteiger partial charge < -0.3 is 4.90 Å². The molecule has 0 aliphatic carbocycles. The van der Waals surface area contributed by atoms with Crippen LogP contribution in [0.15, 0.2) is 48.5 Å². The molecule has 0 spiro atoms. The number of carbonyl (C=O) groups excluding carboxylic acids is 1. The number of amides is 1. The smallest absolute Gasteiger partial charge is 0.224 e. The number of anilines is 1. The topological polar surface area (TPSA) is 51.0 Å². The van der Waals surface area contributed by atoms with Gasteiger partial charge in [0.05, 0.1) is 17.9 Å². The van der Waals surface area contributed by atoms with E-state index >= 15 is 0 Å². The molecule has 0 fully saturated rings. The number of benzene rings is 2. The van der Waals surface area contributed by atoms with Gasteiger partial charge in [-0.2, -0.15) is 0 Å². The summed E-state index contributed by atoms with van der Waals surface area (Å²) in [4.78, 5) is 14.6. The van der Waals surface area contributed by atoms with Crippen molar-refractivity contribution in [1.82, 2.24) is 15.0 Å². The molecule has 1 aliphatic heterocycles. The van der Waals surface area contributed by atoms with Crippen LogP contribution in [0, 0.1) is 17.8 Å². The first kappa shape index (κ1) is 28.6. The van der Waals surface area contributed by atoms with Crippen molar-refractivity contribution < 1.29 is 4.79 Å². The van der Waals surface area contributed by atoms with Crippen molar-refractivity contribution in [3.63, 3.8) is 0 Å². The minimum absolute atomic E-state index is 0. The van der Waals surface area contributed by atoms with Gasteiger partial charge in [0, 0.05) is 24.6 Å². The van der Waals surface area contributed by atoms with E-state index in [1.54, 1.807) is 6.92 Å². The van der Waals surface area contributed by atoms with Gasteiger partial charge in [-0.3, -0.25) is 4.79 Å². The highest BCUT2D eigenvalue weighted by molar-refractivity contribution is 5.99.